The second-order valence-electron chi connectivity index (χ2n) is 7.14. The quantitative estimate of drug-likeness (QED) is 0.709. The maximum absolute atomic E-state index is 12.3. The molecule has 0 atom stereocenters. The first kappa shape index (κ1) is 19.7. The summed E-state index contributed by atoms with van der Waals surface area (Å²) in [5, 5.41) is 7.13. The number of nitrogens with zero attached hydrogens (tertiary/aromatic N) is 3. The zero-order valence-electron chi connectivity index (χ0n) is 16.5. The Morgan fingerprint density at radius 1 is 1.29 bits per heavy atom. The van der Waals surface area contributed by atoms with Gasteiger partial charge in [0.25, 0.3) is 11.8 Å². The Morgan fingerprint density at radius 3 is 2.75 bits per heavy atom. The molecule has 0 saturated heterocycles. The maximum atomic E-state index is 12.3. The smallest absolute Gasteiger partial charge is 0.259 e. The number of hydrogen-bond acceptors (Lipinski definition) is 5. The number of rotatable bonds is 9. The molecule has 1 fully saturated rings. The third kappa shape index (κ3) is 5.25. The second-order valence-corrected chi connectivity index (χ2v) is 7.14. The molecule has 8 heteroatoms. The molecule has 2 aromatic rings. The van der Waals surface area contributed by atoms with Crippen molar-refractivity contribution in [3.63, 3.8) is 0 Å². The Balaban J connectivity index is 1.55. The maximum Gasteiger partial charge on any atom is 0.259 e. The van der Waals surface area contributed by atoms with Crippen molar-refractivity contribution >= 4 is 11.8 Å². The lowest BCUT2D eigenvalue weighted by atomic mass is 10.2. The lowest BCUT2D eigenvalue weighted by molar-refractivity contribution is -0.130. The van der Waals surface area contributed by atoms with Crippen LogP contribution < -0.4 is 14.8 Å². The predicted octanol–water partition coefficient (Wildman–Crippen LogP) is 1.70. The molecule has 3 rings (SSSR count). The number of aromatic nitrogens is 2. The average Bonchev–Trinajstić information content (AvgIpc) is 3.38. The Hall–Kier alpha value is -3.03. The lowest BCUT2D eigenvalue weighted by Crippen LogP contribution is -2.27. The minimum absolute atomic E-state index is 0.0652. The fourth-order valence-electron chi connectivity index (χ4n) is 2.64. The fraction of sp³-hybridized carbons (Fsp3) is 0.450. The SMILES string of the molecule is COc1cc(CNC(=O)c2cnn(CC3CC3)c2)ccc1OCC(=O)N(C)C. The van der Waals surface area contributed by atoms with Gasteiger partial charge in [0, 0.05) is 33.4 Å². The third-order valence-corrected chi connectivity index (χ3v) is 4.57. The molecule has 0 unspecified atom stereocenters. The summed E-state index contributed by atoms with van der Waals surface area (Å²) in [6, 6.07) is 5.35. The van der Waals surface area contributed by atoms with Gasteiger partial charge in [-0.1, -0.05) is 6.07 Å². The van der Waals surface area contributed by atoms with E-state index in [4.69, 9.17) is 9.47 Å². The number of amides is 2. The van der Waals surface area contributed by atoms with E-state index in [-0.39, 0.29) is 18.4 Å². The zero-order chi connectivity index (χ0) is 20.1. The number of nitrogens with one attached hydrogen (secondary N) is 1. The van der Waals surface area contributed by atoms with E-state index >= 15 is 0 Å². The molecular formula is C20H26N4O4. The molecule has 1 aromatic carbocycles. The summed E-state index contributed by atoms with van der Waals surface area (Å²) >= 11 is 0. The van der Waals surface area contributed by atoms with Crippen LogP contribution in [0.1, 0.15) is 28.8 Å². The van der Waals surface area contributed by atoms with Gasteiger partial charge in [-0.25, -0.2) is 0 Å². The molecule has 2 amide bonds. The van der Waals surface area contributed by atoms with Crippen LogP contribution in [0.15, 0.2) is 30.6 Å². The molecule has 1 aliphatic carbocycles. The van der Waals surface area contributed by atoms with Crippen molar-refractivity contribution in [1.29, 1.82) is 0 Å². The second kappa shape index (κ2) is 8.77. The number of likely N-dealkylation sites (N-methyl/N-ethyl adjacent to an activating group) is 1. The summed E-state index contributed by atoms with van der Waals surface area (Å²) in [7, 11) is 4.88. The van der Waals surface area contributed by atoms with Crippen LogP contribution in [0, 0.1) is 5.92 Å². The number of benzene rings is 1. The van der Waals surface area contributed by atoms with Crippen LogP contribution >= 0.6 is 0 Å². The van der Waals surface area contributed by atoms with Gasteiger partial charge in [0.05, 0.1) is 18.9 Å². The Labute approximate surface area is 164 Å². The first-order valence-electron chi connectivity index (χ1n) is 9.26. The number of carbonyl (C=O) groups excluding carboxylic acids is 2. The highest BCUT2D eigenvalue weighted by Crippen LogP contribution is 2.30. The summed E-state index contributed by atoms with van der Waals surface area (Å²) in [5.41, 5.74) is 1.41. The van der Waals surface area contributed by atoms with Gasteiger partial charge >= 0.3 is 0 Å². The number of carbonyl (C=O) groups is 2. The summed E-state index contributed by atoms with van der Waals surface area (Å²) in [4.78, 5) is 25.5. The van der Waals surface area contributed by atoms with Crippen LogP contribution in [0.25, 0.3) is 0 Å². The van der Waals surface area contributed by atoms with E-state index in [0.29, 0.717) is 29.5 Å². The van der Waals surface area contributed by atoms with Gasteiger partial charge in [0.15, 0.2) is 18.1 Å². The van der Waals surface area contributed by atoms with E-state index in [0.717, 1.165) is 12.1 Å². The van der Waals surface area contributed by atoms with Gasteiger partial charge in [-0.15, -0.1) is 0 Å². The van der Waals surface area contributed by atoms with Crippen LogP contribution in [0.4, 0.5) is 0 Å². The molecule has 1 aliphatic rings. The minimum Gasteiger partial charge on any atom is -0.493 e. The topological polar surface area (TPSA) is 85.7 Å². The Kier molecular flexibility index (Phi) is 6.18. The minimum atomic E-state index is -0.169. The summed E-state index contributed by atoms with van der Waals surface area (Å²) in [6.45, 7) is 1.16. The van der Waals surface area contributed by atoms with Crippen LogP contribution in [-0.4, -0.2) is 54.3 Å². The van der Waals surface area contributed by atoms with E-state index in [9.17, 15) is 9.59 Å². The van der Waals surface area contributed by atoms with Crippen LogP contribution in [0.3, 0.4) is 0 Å². The first-order chi connectivity index (χ1) is 13.5. The molecule has 0 radical (unpaired) electrons. The number of ether oxygens (including phenoxy) is 2. The van der Waals surface area contributed by atoms with Crippen molar-refractivity contribution < 1.29 is 19.1 Å². The van der Waals surface area contributed by atoms with E-state index in [1.54, 1.807) is 38.6 Å². The summed E-state index contributed by atoms with van der Waals surface area (Å²) in [6.07, 6.45) is 5.86. The van der Waals surface area contributed by atoms with Crippen molar-refractivity contribution in [2.45, 2.75) is 25.9 Å². The Morgan fingerprint density at radius 2 is 2.07 bits per heavy atom. The molecule has 0 aliphatic heterocycles. The molecule has 28 heavy (non-hydrogen) atoms. The molecule has 1 aromatic heterocycles. The van der Waals surface area contributed by atoms with E-state index in [1.165, 1.54) is 24.9 Å². The molecule has 1 saturated carbocycles. The van der Waals surface area contributed by atoms with Crippen molar-refractivity contribution in [1.82, 2.24) is 20.0 Å². The first-order valence-corrected chi connectivity index (χ1v) is 9.26. The standard InChI is InChI=1S/C20H26N4O4/c1-23(2)19(25)13-28-17-7-6-15(8-18(17)27-3)9-21-20(26)16-10-22-24(12-16)11-14-4-5-14/h6-8,10,12,14H,4-5,9,11,13H2,1-3H3,(H,21,26). The van der Waals surface area contributed by atoms with E-state index in [1.807, 2.05) is 10.7 Å². The average molecular weight is 386 g/mol. The highest BCUT2D eigenvalue weighted by atomic mass is 16.5. The normalized spacial score (nSPS) is 13.1. The molecule has 8 nitrogen and oxygen atoms in total. The zero-order valence-corrected chi connectivity index (χ0v) is 16.5. The van der Waals surface area contributed by atoms with Crippen molar-refractivity contribution in [3.05, 3.63) is 41.7 Å². The van der Waals surface area contributed by atoms with Crippen LogP contribution in [0.2, 0.25) is 0 Å². The predicted molar refractivity (Wildman–Crippen MR) is 103 cm³/mol. The van der Waals surface area contributed by atoms with Crippen molar-refractivity contribution in [2.24, 2.45) is 5.92 Å². The van der Waals surface area contributed by atoms with Gasteiger partial charge in [0.1, 0.15) is 0 Å². The van der Waals surface area contributed by atoms with Crippen LogP contribution in [0.5, 0.6) is 11.5 Å². The Bertz CT molecular complexity index is 842. The number of hydrogen-bond donors (Lipinski definition) is 1. The molecule has 150 valence electrons. The molecule has 0 spiro atoms. The van der Waals surface area contributed by atoms with E-state index < -0.39 is 0 Å². The largest absolute Gasteiger partial charge is 0.493 e. The van der Waals surface area contributed by atoms with Gasteiger partial charge < -0.3 is 19.7 Å². The van der Waals surface area contributed by atoms with Crippen molar-refractivity contribution in [3.8, 4) is 11.5 Å². The van der Waals surface area contributed by atoms with E-state index in [2.05, 4.69) is 10.4 Å². The molecular weight excluding hydrogens is 360 g/mol. The summed E-state index contributed by atoms with van der Waals surface area (Å²) < 4.78 is 12.7. The number of methoxy groups -OCH3 is 1. The highest BCUT2D eigenvalue weighted by Gasteiger charge is 2.22. The molecule has 0 bridgehead atoms. The molecule has 1 heterocycles. The molecule has 1 N–H and O–H groups in total. The lowest BCUT2D eigenvalue weighted by Gasteiger charge is -2.14. The van der Waals surface area contributed by atoms with Crippen LogP contribution in [-0.2, 0) is 17.9 Å². The summed E-state index contributed by atoms with van der Waals surface area (Å²) in [5.74, 6) is 1.39. The van der Waals surface area contributed by atoms with Gasteiger partial charge in [0.2, 0.25) is 0 Å². The highest BCUT2D eigenvalue weighted by molar-refractivity contribution is 5.93. The monoisotopic (exact) mass is 386 g/mol. The fourth-order valence-corrected chi connectivity index (χ4v) is 2.64. The van der Waals surface area contributed by atoms with Crippen molar-refractivity contribution in [2.75, 3.05) is 27.8 Å². The van der Waals surface area contributed by atoms with Gasteiger partial charge in [-0.05, 0) is 36.5 Å². The van der Waals surface area contributed by atoms with Gasteiger partial charge in [-0.2, -0.15) is 5.10 Å². The third-order valence-electron chi connectivity index (χ3n) is 4.57. The van der Waals surface area contributed by atoms with Gasteiger partial charge in [-0.3, -0.25) is 14.3 Å².